The highest BCUT2D eigenvalue weighted by Crippen LogP contribution is 2.26. The van der Waals surface area contributed by atoms with Crippen molar-refractivity contribution in [3.8, 4) is 5.75 Å². The fourth-order valence-corrected chi connectivity index (χ4v) is 3.38. The van der Waals surface area contributed by atoms with Crippen LogP contribution in [0.5, 0.6) is 5.75 Å². The molecule has 1 aromatic carbocycles. The summed E-state index contributed by atoms with van der Waals surface area (Å²) >= 11 is 1.58. The van der Waals surface area contributed by atoms with E-state index < -0.39 is 0 Å². The summed E-state index contributed by atoms with van der Waals surface area (Å²) in [7, 11) is 0. The van der Waals surface area contributed by atoms with Crippen LogP contribution >= 0.6 is 11.3 Å². The number of rotatable bonds is 5. The second-order valence-corrected chi connectivity index (χ2v) is 6.55. The highest BCUT2D eigenvalue weighted by Gasteiger charge is 2.17. The van der Waals surface area contributed by atoms with Crippen LogP contribution in [0.4, 0.5) is 5.13 Å². The van der Waals surface area contributed by atoms with Crippen LogP contribution in [0, 0.1) is 0 Å². The lowest BCUT2D eigenvalue weighted by atomic mass is 9.99. The van der Waals surface area contributed by atoms with Crippen molar-refractivity contribution < 1.29 is 4.74 Å². The summed E-state index contributed by atoms with van der Waals surface area (Å²) < 4.78 is 5.71. The van der Waals surface area contributed by atoms with E-state index in [9.17, 15) is 0 Å². The van der Waals surface area contributed by atoms with Gasteiger partial charge in [-0.3, -0.25) is 4.90 Å². The Morgan fingerprint density at radius 2 is 2.29 bits per heavy atom. The van der Waals surface area contributed by atoms with E-state index in [2.05, 4.69) is 35.0 Å². The van der Waals surface area contributed by atoms with Gasteiger partial charge in [-0.05, 0) is 36.1 Å². The molecule has 3 rings (SSSR count). The lowest BCUT2D eigenvalue weighted by Gasteiger charge is -2.28. The Bertz CT molecular complexity index is 611. The number of anilines is 1. The number of thiazole rings is 1. The number of ether oxygens (including phenoxy) is 1. The molecule has 0 aliphatic carbocycles. The molecule has 0 saturated carbocycles. The van der Waals surface area contributed by atoms with E-state index in [1.54, 1.807) is 11.3 Å². The summed E-state index contributed by atoms with van der Waals surface area (Å²) in [6.45, 7) is 5.91. The fourth-order valence-electron chi connectivity index (χ4n) is 2.65. The zero-order valence-electron chi connectivity index (χ0n) is 12.3. The molecule has 1 aliphatic heterocycles. The molecule has 2 aromatic rings. The van der Waals surface area contributed by atoms with Crippen molar-refractivity contribution in [1.29, 1.82) is 0 Å². The van der Waals surface area contributed by atoms with Gasteiger partial charge in [0, 0.05) is 30.7 Å². The first-order valence-electron chi connectivity index (χ1n) is 7.41. The number of aromatic nitrogens is 1. The summed E-state index contributed by atoms with van der Waals surface area (Å²) in [6, 6.07) is 6.49. The number of fused-ring (bicyclic) bond motifs is 1. The van der Waals surface area contributed by atoms with Gasteiger partial charge < -0.3 is 10.5 Å². The molecule has 4 nitrogen and oxygen atoms in total. The maximum atomic E-state index is 5.71. The zero-order valence-corrected chi connectivity index (χ0v) is 13.2. The average Bonchev–Trinajstić information content (AvgIpc) is 2.90. The molecule has 0 bridgehead atoms. The van der Waals surface area contributed by atoms with Crippen molar-refractivity contribution in [3.05, 3.63) is 40.4 Å². The standard InChI is InChI=1S/C16H21N3OS/c1-2-7-20-14-4-3-13-10-19(6-5-12(13)8-14)11-15-9-18-16(17)21-15/h3-4,8-9H,2,5-7,10-11H2,1H3,(H2,17,18). The third-order valence-electron chi connectivity index (χ3n) is 3.69. The van der Waals surface area contributed by atoms with Gasteiger partial charge in [-0.25, -0.2) is 4.98 Å². The van der Waals surface area contributed by atoms with Crippen LogP contribution in [-0.4, -0.2) is 23.0 Å². The molecule has 1 aromatic heterocycles. The van der Waals surface area contributed by atoms with Crippen molar-refractivity contribution in [2.45, 2.75) is 32.9 Å². The molecule has 1 aliphatic rings. The molecular weight excluding hydrogens is 282 g/mol. The van der Waals surface area contributed by atoms with Gasteiger partial charge in [0.2, 0.25) is 0 Å². The molecule has 0 saturated heterocycles. The van der Waals surface area contributed by atoms with Gasteiger partial charge in [-0.2, -0.15) is 0 Å². The van der Waals surface area contributed by atoms with E-state index in [0.717, 1.165) is 44.8 Å². The molecule has 0 amide bonds. The lowest BCUT2D eigenvalue weighted by molar-refractivity contribution is 0.246. The SMILES string of the molecule is CCCOc1ccc2c(c1)CCN(Cc1cnc(N)s1)C2. The largest absolute Gasteiger partial charge is 0.494 e. The molecular formula is C16H21N3OS. The Labute approximate surface area is 129 Å². The third kappa shape index (κ3) is 3.54. The first kappa shape index (κ1) is 14.4. The minimum absolute atomic E-state index is 0.653. The maximum absolute atomic E-state index is 5.71. The molecule has 0 fully saturated rings. The van der Waals surface area contributed by atoms with E-state index >= 15 is 0 Å². The Morgan fingerprint density at radius 1 is 1.38 bits per heavy atom. The van der Waals surface area contributed by atoms with Gasteiger partial charge >= 0.3 is 0 Å². The quantitative estimate of drug-likeness (QED) is 0.922. The van der Waals surface area contributed by atoms with Gasteiger partial charge in [0.25, 0.3) is 0 Å². The van der Waals surface area contributed by atoms with Gasteiger partial charge in [0.1, 0.15) is 5.75 Å². The van der Waals surface area contributed by atoms with Crippen LogP contribution in [0.3, 0.4) is 0 Å². The smallest absolute Gasteiger partial charge is 0.180 e. The number of hydrogen-bond acceptors (Lipinski definition) is 5. The van der Waals surface area contributed by atoms with Crippen molar-refractivity contribution in [3.63, 3.8) is 0 Å². The van der Waals surface area contributed by atoms with Gasteiger partial charge in [0.05, 0.1) is 6.61 Å². The minimum atomic E-state index is 0.653. The number of nitrogens with two attached hydrogens (primary N) is 1. The normalized spacial score (nSPS) is 14.9. The fraction of sp³-hybridized carbons (Fsp3) is 0.438. The van der Waals surface area contributed by atoms with E-state index in [4.69, 9.17) is 10.5 Å². The Morgan fingerprint density at radius 3 is 3.05 bits per heavy atom. The molecule has 0 unspecified atom stereocenters. The van der Waals surface area contributed by atoms with Crippen LogP contribution in [0.2, 0.25) is 0 Å². The second-order valence-electron chi connectivity index (χ2n) is 5.40. The Kier molecular flexibility index (Phi) is 4.41. The maximum Gasteiger partial charge on any atom is 0.180 e. The number of hydrogen-bond donors (Lipinski definition) is 1. The summed E-state index contributed by atoms with van der Waals surface area (Å²) in [5.41, 5.74) is 8.52. The predicted octanol–water partition coefficient (Wildman–Crippen LogP) is 3.07. The predicted molar refractivity (Wildman–Crippen MR) is 86.6 cm³/mol. The number of nitrogens with zero attached hydrogens (tertiary/aromatic N) is 2. The van der Waals surface area contributed by atoms with Crippen LogP contribution in [0.1, 0.15) is 29.3 Å². The Balaban J connectivity index is 1.65. The van der Waals surface area contributed by atoms with Crippen molar-refractivity contribution in [2.24, 2.45) is 0 Å². The molecule has 0 spiro atoms. The van der Waals surface area contributed by atoms with Crippen molar-refractivity contribution >= 4 is 16.5 Å². The van der Waals surface area contributed by atoms with Gasteiger partial charge in [0.15, 0.2) is 5.13 Å². The van der Waals surface area contributed by atoms with Crippen LogP contribution in [0.15, 0.2) is 24.4 Å². The molecule has 2 N–H and O–H groups in total. The average molecular weight is 303 g/mol. The number of benzene rings is 1. The highest BCUT2D eigenvalue weighted by atomic mass is 32.1. The van der Waals surface area contributed by atoms with E-state index in [-0.39, 0.29) is 0 Å². The van der Waals surface area contributed by atoms with E-state index in [0.29, 0.717) is 5.13 Å². The van der Waals surface area contributed by atoms with Gasteiger partial charge in [-0.15, -0.1) is 11.3 Å². The first-order valence-corrected chi connectivity index (χ1v) is 8.23. The van der Waals surface area contributed by atoms with E-state index in [1.165, 1.54) is 16.0 Å². The molecule has 2 heterocycles. The highest BCUT2D eigenvalue weighted by molar-refractivity contribution is 7.15. The minimum Gasteiger partial charge on any atom is -0.494 e. The Hall–Kier alpha value is -1.59. The molecule has 5 heteroatoms. The van der Waals surface area contributed by atoms with Crippen molar-refractivity contribution in [2.75, 3.05) is 18.9 Å². The summed E-state index contributed by atoms with van der Waals surface area (Å²) in [5.74, 6) is 0.999. The van der Waals surface area contributed by atoms with Crippen molar-refractivity contribution in [1.82, 2.24) is 9.88 Å². The number of nitrogen functional groups attached to an aromatic ring is 1. The zero-order chi connectivity index (χ0) is 14.7. The van der Waals surface area contributed by atoms with E-state index in [1.807, 2.05) is 6.20 Å². The summed E-state index contributed by atoms with van der Waals surface area (Å²) in [4.78, 5) is 7.80. The molecule has 112 valence electrons. The monoisotopic (exact) mass is 303 g/mol. The van der Waals surface area contributed by atoms with Crippen LogP contribution in [-0.2, 0) is 19.5 Å². The summed E-state index contributed by atoms with van der Waals surface area (Å²) in [5, 5.41) is 0.653. The first-order chi connectivity index (χ1) is 10.2. The third-order valence-corrected chi connectivity index (χ3v) is 4.50. The van der Waals surface area contributed by atoms with Crippen LogP contribution < -0.4 is 10.5 Å². The molecule has 21 heavy (non-hydrogen) atoms. The second kappa shape index (κ2) is 6.45. The lowest BCUT2D eigenvalue weighted by Crippen LogP contribution is -2.29. The summed E-state index contributed by atoms with van der Waals surface area (Å²) in [6.07, 6.45) is 4.01. The molecule has 0 atom stereocenters. The van der Waals surface area contributed by atoms with Gasteiger partial charge in [-0.1, -0.05) is 13.0 Å². The topological polar surface area (TPSA) is 51.4 Å². The molecule has 0 radical (unpaired) electrons. The van der Waals surface area contributed by atoms with Crippen LogP contribution in [0.25, 0.3) is 0 Å².